The van der Waals surface area contributed by atoms with Crippen molar-refractivity contribution in [1.29, 1.82) is 0 Å². The van der Waals surface area contributed by atoms with E-state index < -0.39 is 89.8 Å². The van der Waals surface area contributed by atoms with Crippen LogP contribution in [-0.4, -0.2) is 131 Å². The molecule has 3 aliphatic rings. The molecule has 0 saturated heterocycles. The van der Waals surface area contributed by atoms with Gasteiger partial charge >= 0.3 is 17.9 Å². The van der Waals surface area contributed by atoms with E-state index in [4.69, 9.17) is 14.2 Å². The molecule has 0 saturated carbocycles. The van der Waals surface area contributed by atoms with Gasteiger partial charge in [-0.05, 0) is 109 Å². The van der Waals surface area contributed by atoms with Gasteiger partial charge in [-0.25, -0.2) is 31.1 Å². The minimum atomic E-state index is -4.63. The number of aromatic nitrogens is 1. The summed E-state index contributed by atoms with van der Waals surface area (Å²) in [5.74, 6) is -5.83. The highest BCUT2D eigenvalue weighted by molar-refractivity contribution is 8.28. The third kappa shape index (κ3) is 12.9. The Bertz CT molecular complexity index is 2720. The number of aromatic amines is 1. The number of fused-ring (bicyclic) bond motifs is 1. The number of anilines is 2. The molecular formula is C45H59N7O14S3. The summed E-state index contributed by atoms with van der Waals surface area (Å²) in [6.07, 6.45) is -2.55. The number of hydrogen-bond acceptors (Lipinski definition) is 17. The highest BCUT2D eigenvalue weighted by Crippen LogP contribution is 2.48. The third-order valence-electron chi connectivity index (χ3n) is 11.5. The number of nitrogens with zero attached hydrogens (tertiary/aromatic N) is 1. The fraction of sp³-hybridized carbons (Fsp3) is 0.489. The van der Waals surface area contributed by atoms with Gasteiger partial charge in [-0.2, -0.15) is 0 Å². The van der Waals surface area contributed by atoms with Gasteiger partial charge in [0.05, 0.1) is 28.8 Å². The van der Waals surface area contributed by atoms with E-state index in [0.29, 0.717) is 82.0 Å². The number of thioether (sulfide) groups is 1. The lowest BCUT2D eigenvalue weighted by Crippen LogP contribution is -2.42. The van der Waals surface area contributed by atoms with Crippen molar-refractivity contribution in [1.82, 2.24) is 25.2 Å². The molecule has 0 fully saturated rings. The van der Waals surface area contributed by atoms with E-state index in [1.807, 2.05) is 0 Å². The Hall–Kier alpha value is -5.82. The maximum atomic E-state index is 13.2. The van der Waals surface area contributed by atoms with E-state index >= 15 is 0 Å². The molecule has 0 bridgehead atoms. The van der Waals surface area contributed by atoms with Crippen LogP contribution in [0.1, 0.15) is 101 Å². The van der Waals surface area contributed by atoms with Crippen LogP contribution in [0.25, 0.3) is 11.6 Å². The average molecular weight is 1020 g/mol. The summed E-state index contributed by atoms with van der Waals surface area (Å²) in [4.78, 5) is 95.4. The molecule has 0 radical (unpaired) electrons. The van der Waals surface area contributed by atoms with Crippen LogP contribution in [0.2, 0.25) is 0 Å². The molecule has 0 spiro atoms. The van der Waals surface area contributed by atoms with Gasteiger partial charge in [0, 0.05) is 47.8 Å². The molecule has 376 valence electrons. The van der Waals surface area contributed by atoms with Crippen LogP contribution < -0.4 is 26.0 Å². The van der Waals surface area contributed by atoms with E-state index in [1.165, 1.54) is 19.9 Å². The van der Waals surface area contributed by atoms with Crippen molar-refractivity contribution in [2.75, 3.05) is 43.4 Å². The van der Waals surface area contributed by atoms with Crippen LogP contribution in [0.15, 0.2) is 38.3 Å². The lowest BCUT2D eigenvalue weighted by Gasteiger charge is -2.23. The number of hydrogen-bond donors (Lipinski definition) is 6. The van der Waals surface area contributed by atoms with Crippen molar-refractivity contribution in [2.24, 2.45) is 0 Å². The van der Waals surface area contributed by atoms with Gasteiger partial charge in [-0.3, -0.25) is 24.0 Å². The Morgan fingerprint density at radius 3 is 2.26 bits per heavy atom. The van der Waals surface area contributed by atoms with E-state index in [2.05, 4.69) is 45.0 Å². The number of benzene rings is 1. The van der Waals surface area contributed by atoms with Gasteiger partial charge in [-0.1, -0.05) is 32.5 Å². The third-order valence-corrected chi connectivity index (χ3v) is 17.3. The van der Waals surface area contributed by atoms with Gasteiger partial charge in [0.2, 0.25) is 5.91 Å². The maximum absolute atomic E-state index is 13.2. The van der Waals surface area contributed by atoms with Gasteiger partial charge in [0.15, 0.2) is 28.1 Å². The standard InChI is InChI=1S/C45H59N7O14S3/c1-10-46-35-22-38(67-45-32(35)19-23(4)68(45,60)61)69(62,63)51-40(55)26(7)65-44(59)28(9)66-43(58)27(8)64-37(54)16-15-36(53)49-29-13-14-33-30(20-29)31(41(56)50-33)21-34-24(5)39(25(6)48-34)42(57)47-17-18-52(11-2)12-3/h13-14,20-23,26-28,35,46,48H,10-12,15-19H2,1-9H3,(H,47,57)(H,49,53)(H,50,56)(H,51,55)/b31-21-/t23-,26-,27-,28-,35-/m0/s1. The van der Waals surface area contributed by atoms with Crippen molar-refractivity contribution >= 4 is 96.2 Å². The van der Waals surface area contributed by atoms with Crippen LogP contribution in [-0.2, 0) is 62.8 Å². The molecule has 3 aliphatic heterocycles. The van der Waals surface area contributed by atoms with Crippen LogP contribution in [0.3, 0.4) is 0 Å². The molecular weight excluding hydrogens is 959 g/mol. The normalized spacial score (nSPS) is 19.1. The first kappa shape index (κ1) is 54.1. The zero-order chi connectivity index (χ0) is 51.1. The summed E-state index contributed by atoms with van der Waals surface area (Å²) in [6, 6.07) is 4.06. The van der Waals surface area contributed by atoms with Crippen LogP contribution >= 0.6 is 11.8 Å². The zero-order valence-electron chi connectivity index (χ0n) is 39.8. The van der Waals surface area contributed by atoms with Crippen molar-refractivity contribution in [2.45, 2.75) is 111 Å². The molecule has 69 heavy (non-hydrogen) atoms. The number of nitrogens with one attached hydrogen (secondary N) is 6. The van der Waals surface area contributed by atoms with Gasteiger partial charge in [0.1, 0.15) is 8.47 Å². The molecule has 2 aromatic rings. The molecule has 1 aromatic carbocycles. The Kier molecular flexibility index (Phi) is 17.8. The van der Waals surface area contributed by atoms with Crippen molar-refractivity contribution in [3.05, 3.63) is 66.4 Å². The van der Waals surface area contributed by atoms with Gasteiger partial charge in [0.25, 0.3) is 27.7 Å². The fourth-order valence-electron chi connectivity index (χ4n) is 7.57. The highest BCUT2D eigenvalue weighted by atomic mass is 32.3. The van der Waals surface area contributed by atoms with Crippen molar-refractivity contribution < 1.29 is 64.6 Å². The number of carbonyl (C=O) groups is 7. The molecule has 24 heteroatoms. The van der Waals surface area contributed by atoms with Gasteiger partial charge in [-0.15, -0.1) is 0 Å². The number of sulfone groups is 1. The maximum Gasteiger partial charge on any atom is 0.347 e. The van der Waals surface area contributed by atoms with E-state index in [0.717, 1.165) is 26.9 Å². The molecule has 4 amide bonds. The lowest BCUT2D eigenvalue weighted by molar-refractivity contribution is -0.179. The molecule has 4 heterocycles. The summed E-state index contributed by atoms with van der Waals surface area (Å²) in [7, 11) is -8.41. The highest BCUT2D eigenvalue weighted by Gasteiger charge is 2.44. The largest absolute Gasteiger partial charge is 0.451 e. The molecule has 0 aliphatic carbocycles. The predicted molar refractivity (Wildman–Crippen MR) is 258 cm³/mol. The summed E-state index contributed by atoms with van der Waals surface area (Å²) in [6.45, 7) is 17.6. The predicted octanol–water partition coefficient (Wildman–Crippen LogP) is 3.14. The molecule has 0 unspecified atom stereocenters. The number of ether oxygens (including phenoxy) is 3. The van der Waals surface area contributed by atoms with Crippen LogP contribution in [0.5, 0.6) is 0 Å². The van der Waals surface area contributed by atoms with E-state index in [9.17, 15) is 50.4 Å². The van der Waals surface area contributed by atoms with E-state index in [-0.39, 0.29) is 28.9 Å². The fourth-order valence-corrected chi connectivity index (χ4v) is 12.7. The topological polar surface area (TPSA) is 295 Å². The summed E-state index contributed by atoms with van der Waals surface area (Å²) in [5, 5.41) is 10.7. The SMILES string of the molecule is CCN[C@H]1C=C(S(=O)(=O)NC(=O)[C@H](C)OC(=O)[C@H](C)OC(=O)[C@H](C)OC(=O)CCC(=O)Nc2ccc3c(c2)/C(=C/c2[nH]c(C)c(C(=O)NCCN(CC)CC)c2C)C(=O)N3)SC2=C1C[C@H](C)S2(=O)=O. The summed E-state index contributed by atoms with van der Waals surface area (Å²) >= 11 is 0.514. The number of sulfonamides is 1. The zero-order valence-corrected chi connectivity index (χ0v) is 42.3. The Morgan fingerprint density at radius 1 is 0.957 bits per heavy atom. The van der Waals surface area contributed by atoms with Gasteiger partial charge < -0.3 is 45.4 Å². The Morgan fingerprint density at radius 2 is 1.61 bits per heavy atom. The average Bonchev–Trinajstić information content (AvgIpc) is 3.84. The molecule has 5 atom stereocenters. The summed E-state index contributed by atoms with van der Waals surface area (Å²) < 4.78 is 68.8. The van der Waals surface area contributed by atoms with Crippen LogP contribution in [0.4, 0.5) is 11.4 Å². The molecule has 6 N–H and O–H groups in total. The first-order valence-corrected chi connectivity index (χ1v) is 26.2. The number of rotatable bonds is 21. The number of carbonyl (C=O) groups excluding carboxylic acids is 7. The Labute approximate surface area is 405 Å². The number of aryl methyl sites for hydroxylation is 1. The van der Waals surface area contributed by atoms with Crippen molar-refractivity contribution in [3.8, 4) is 0 Å². The smallest absolute Gasteiger partial charge is 0.347 e. The second kappa shape index (κ2) is 22.7. The minimum absolute atomic E-state index is 0.0931. The molecule has 1 aromatic heterocycles. The number of esters is 3. The number of amides is 4. The number of likely N-dealkylation sites (N-methyl/N-ethyl adjacent to an activating group) is 2. The first-order chi connectivity index (χ1) is 32.4. The second-order valence-electron chi connectivity index (χ2n) is 16.5. The van der Waals surface area contributed by atoms with Crippen molar-refractivity contribution in [3.63, 3.8) is 0 Å². The van der Waals surface area contributed by atoms with E-state index in [1.54, 1.807) is 49.8 Å². The first-order valence-electron chi connectivity index (χ1n) is 22.4. The summed E-state index contributed by atoms with van der Waals surface area (Å²) in [5.41, 5.74) is 4.48. The lowest BCUT2D eigenvalue weighted by atomic mass is 10.0. The monoisotopic (exact) mass is 1020 g/mol. The minimum Gasteiger partial charge on any atom is -0.451 e. The Balaban J connectivity index is 1.08. The van der Waals surface area contributed by atoms with Crippen LogP contribution in [0, 0.1) is 13.8 Å². The number of H-pyrrole nitrogens is 1. The molecule has 5 rings (SSSR count). The molecule has 21 nitrogen and oxygen atoms in total. The second-order valence-corrected chi connectivity index (χ2v) is 22.0. The quantitative estimate of drug-likeness (QED) is 0.0595.